The van der Waals surface area contributed by atoms with Crippen molar-refractivity contribution < 1.29 is 48.7 Å². The van der Waals surface area contributed by atoms with Crippen molar-refractivity contribution in [1.82, 2.24) is 35.0 Å². The van der Waals surface area contributed by atoms with Gasteiger partial charge in [-0.1, -0.05) is 6.07 Å². The zero-order chi connectivity index (χ0) is 36.6. The minimum absolute atomic E-state index is 0.00975. The number of carbonyl (C=O) groups is 2. The first kappa shape index (κ1) is 34.1. The summed E-state index contributed by atoms with van der Waals surface area (Å²) in [6.45, 7) is -0.937. The standard InChI is InChI=1S/C32H24F7N7O4S/c1-51(49,50)45-31(48)19-7-14(2-3-21(19)35)17-10-22-24(11-40-43-22)42-27(17)23(6-13-4-15(33)8-16(34)5-13)41-25(47)12-46-29-26(28(44-46)30(36)37)18-9-20(18)32(29,38)39/h2-5,7-8,10-11,18,20,23,30H,6,9,12H2,1H3,(H,40,43)(H,41,47)(H,45,48)/t18-,20+,23?/m0/s1. The van der Waals surface area contributed by atoms with Crippen LogP contribution in [0.25, 0.3) is 22.2 Å². The number of alkyl halides is 4. The summed E-state index contributed by atoms with van der Waals surface area (Å²) in [7, 11) is -4.10. The first-order chi connectivity index (χ1) is 24.0. The van der Waals surface area contributed by atoms with Gasteiger partial charge >= 0.3 is 0 Å². The molecule has 1 unspecified atom stereocenters. The third kappa shape index (κ3) is 6.41. The summed E-state index contributed by atoms with van der Waals surface area (Å²) in [4.78, 5) is 30.9. The highest BCUT2D eigenvalue weighted by atomic mass is 32.2. The number of nitrogens with zero attached hydrogens (tertiary/aromatic N) is 4. The predicted molar refractivity (Wildman–Crippen MR) is 164 cm³/mol. The Morgan fingerprint density at radius 1 is 1.06 bits per heavy atom. The number of hydrogen-bond donors (Lipinski definition) is 3. The number of carbonyl (C=O) groups excluding carboxylic acids is 2. The lowest BCUT2D eigenvalue weighted by Gasteiger charge is -2.23. The molecule has 0 bridgehead atoms. The molecule has 0 aliphatic heterocycles. The van der Waals surface area contributed by atoms with Crippen molar-refractivity contribution in [3.8, 4) is 11.1 Å². The molecule has 1 saturated carbocycles. The topological polar surface area (TPSA) is 152 Å². The molecule has 51 heavy (non-hydrogen) atoms. The fourth-order valence-electron chi connectivity index (χ4n) is 6.61. The summed E-state index contributed by atoms with van der Waals surface area (Å²) in [5.41, 5.74) is -1.87. The number of H-pyrrole nitrogens is 1. The number of fused-ring (bicyclic) bond motifs is 4. The predicted octanol–water partition coefficient (Wildman–Crippen LogP) is 5.17. The van der Waals surface area contributed by atoms with Gasteiger partial charge in [-0.15, -0.1) is 0 Å². The van der Waals surface area contributed by atoms with E-state index in [2.05, 4.69) is 25.6 Å². The fraction of sp³-hybridized carbons (Fsp3) is 0.281. The number of aromatic nitrogens is 5. The summed E-state index contributed by atoms with van der Waals surface area (Å²) in [6, 6.07) is 5.82. The van der Waals surface area contributed by atoms with Crippen LogP contribution >= 0.6 is 0 Å². The van der Waals surface area contributed by atoms with Gasteiger partial charge in [0.05, 0.1) is 35.3 Å². The average Bonchev–Trinajstić information content (AvgIpc) is 3.44. The van der Waals surface area contributed by atoms with Gasteiger partial charge in [-0.2, -0.15) is 19.0 Å². The van der Waals surface area contributed by atoms with Crippen molar-refractivity contribution in [3.63, 3.8) is 0 Å². The zero-order valence-corrected chi connectivity index (χ0v) is 26.8. The number of pyridine rings is 1. The lowest BCUT2D eigenvalue weighted by molar-refractivity contribution is -0.123. The summed E-state index contributed by atoms with van der Waals surface area (Å²) < 4.78 is 127. The van der Waals surface area contributed by atoms with E-state index in [4.69, 9.17) is 0 Å². The molecule has 0 radical (unpaired) electrons. The van der Waals surface area contributed by atoms with Gasteiger partial charge in [0.15, 0.2) is 0 Å². The van der Waals surface area contributed by atoms with Crippen molar-refractivity contribution in [1.29, 1.82) is 0 Å². The molecular formula is C32H24F7N7O4S. The second-order valence-corrected chi connectivity index (χ2v) is 14.1. The summed E-state index contributed by atoms with van der Waals surface area (Å²) in [5.74, 6) is -10.8. The van der Waals surface area contributed by atoms with Crippen LogP contribution < -0.4 is 10.0 Å². The average molecular weight is 736 g/mol. The van der Waals surface area contributed by atoms with E-state index in [0.29, 0.717) is 22.5 Å². The Morgan fingerprint density at radius 2 is 1.78 bits per heavy atom. The highest BCUT2D eigenvalue weighted by Gasteiger charge is 2.67. The van der Waals surface area contributed by atoms with Crippen LogP contribution in [0, 0.1) is 23.4 Å². The number of sulfonamides is 1. The molecule has 19 heteroatoms. The van der Waals surface area contributed by atoms with Crippen LogP contribution in [-0.2, 0) is 33.7 Å². The molecule has 0 spiro atoms. The number of rotatable bonds is 10. The number of nitrogens with one attached hydrogen (secondary N) is 3. The Balaban J connectivity index is 1.31. The number of amides is 2. The normalized spacial score (nSPS) is 18.1. The Labute approximate surface area is 283 Å². The minimum Gasteiger partial charge on any atom is -0.346 e. The van der Waals surface area contributed by atoms with E-state index in [1.54, 1.807) is 4.72 Å². The first-order valence-corrected chi connectivity index (χ1v) is 17.1. The van der Waals surface area contributed by atoms with E-state index >= 15 is 8.78 Å². The second-order valence-electron chi connectivity index (χ2n) is 12.4. The maximum atomic E-state index is 15.2. The van der Waals surface area contributed by atoms with Gasteiger partial charge < -0.3 is 5.32 Å². The van der Waals surface area contributed by atoms with E-state index in [0.717, 1.165) is 24.3 Å². The maximum absolute atomic E-state index is 15.2. The highest BCUT2D eigenvalue weighted by Crippen LogP contribution is 2.68. The molecule has 3 aromatic heterocycles. The third-order valence-corrected chi connectivity index (χ3v) is 9.30. The monoisotopic (exact) mass is 735 g/mol. The Kier molecular flexibility index (Phi) is 8.14. The van der Waals surface area contributed by atoms with Crippen molar-refractivity contribution in [2.24, 2.45) is 5.92 Å². The van der Waals surface area contributed by atoms with Crippen LogP contribution in [0.4, 0.5) is 30.7 Å². The van der Waals surface area contributed by atoms with Crippen molar-refractivity contribution in [2.75, 3.05) is 6.26 Å². The Bertz CT molecular complexity index is 2340. The molecule has 1 fully saturated rings. The number of aromatic amines is 1. The van der Waals surface area contributed by atoms with Gasteiger partial charge in [-0.3, -0.25) is 19.4 Å². The Morgan fingerprint density at radius 3 is 2.47 bits per heavy atom. The van der Waals surface area contributed by atoms with Crippen molar-refractivity contribution in [2.45, 2.75) is 43.7 Å². The molecule has 0 saturated heterocycles. The van der Waals surface area contributed by atoms with Crippen LogP contribution in [-0.4, -0.2) is 51.4 Å². The zero-order valence-electron chi connectivity index (χ0n) is 26.0. The molecule has 7 rings (SSSR count). The molecule has 3 N–H and O–H groups in total. The minimum atomic E-state index is -4.10. The van der Waals surface area contributed by atoms with Crippen LogP contribution in [0.5, 0.6) is 0 Å². The van der Waals surface area contributed by atoms with E-state index in [9.17, 15) is 40.0 Å². The van der Waals surface area contributed by atoms with Crippen LogP contribution in [0.2, 0.25) is 0 Å². The van der Waals surface area contributed by atoms with Gasteiger partial charge in [-0.25, -0.2) is 40.1 Å². The quantitative estimate of drug-likeness (QED) is 0.167. The maximum Gasteiger partial charge on any atom is 0.293 e. The molecule has 2 aromatic carbocycles. The number of halogens is 7. The molecule has 266 valence electrons. The number of benzene rings is 2. The highest BCUT2D eigenvalue weighted by molar-refractivity contribution is 7.89. The molecule has 2 amide bonds. The number of hydrogen-bond acceptors (Lipinski definition) is 7. The van der Waals surface area contributed by atoms with Gasteiger partial charge in [0, 0.05) is 23.1 Å². The lowest BCUT2D eigenvalue weighted by Crippen LogP contribution is -2.35. The van der Waals surface area contributed by atoms with Gasteiger partial charge in [0.2, 0.25) is 15.9 Å². The van der Waals surface area contributed by atoms with Crippen molar-refractivity contribution >= 4 is 32.9 Å². The molecule has 11 nitrogen and oxygen atoms in total. The van der Waals surface area contributed by atoms with E-state index < -0.39 is 93.0 Å². The molecular weight excluding hydrogens is 711 g/mol. The third-order valence-electron chi connectivity index (χ3n) is 8.74. The van der Waals surface area contributed by atoms with Gasteiger partial charge in [0.1, 0.15) is 40.9 Å². The lowest BCUT2D eigenvalue weighted by atomic mass is 9.94. The van der Waals surface area contributed by atoms with E-state index in [1.807, 2.05) is 0 Å². The SMILES string of the molecule is CS(=O)(=O)NC(=O)c1cc(-c2cc3[nH]ncc3nc2C(Cc2cc(F)cc(F)c2)NC(=O)Cn2nc(C(F)F)c3c2C(F)(F)[C@@H]2C[C@H]32)ccc1F. The summed E-state index contributed by atoms with van der Waals surface area (Å²) in [5, 5.41) is 12.9. The van der Waals surface area contributed by atoms with Gasteiger partial charge in [0.25, 0.3) is 18.3 Å². The molecule has 3 atom stereocenters. The fourth-order valence-corrected chi connectivity index (χ4v) is 7.06. The molecule has 2 aliphatic carbocycles. The molecule has 2 aliphatic rings. The van der Waals surface area contributed by atoms with Gasteiger partial charge in [-0.05, 0) is 60.2 Å². The first-order valence-electron chi connectivity index (χ1n) is 15.2. The smallest absolute Gasteiger partial charge is 0.293 e. The van der Waals surface area contributed by atoms with E-state index in [-0.39, 0.29) is 46.3 Å². The second kappa shape index (κ2) is 12.2. The molecule has 3 heterocycles. The largest absolute Gasteiger partial charge is 0.346 e. The molecule has 5 aromatic rings. The Hall–Kier alpha value is -5.33. The van der Waals surface area contributed by atoms with Crippen LogP contribution in [0.3, 0.4) is 0 Å². The van der Waals surface area contributed by atoms with Crippen LogP contribution in [0.1, 0.15) is 63.4 Å². The van der Waals surface area contributed by atoms with Crippen molar-refractivity contribution in [3.05, 3.63) is 99.9 Å². The summed E-state index contributed by atoms with van der Waals surface area (Å²) >= 11 is 0. The van der Waals surface area contributed by atoms with Crippen LogP contribution in [0.15, 0.2) is 48.7 Å². The summed E-state index contributed by atoms with van der Waals surface area (Å²) in [6.07, 6.45) is -1.53. The van der Waals surface area contributed by atoms with E-state index in [1.165, 1.54) is 18.3 Å².